The maximum absolute atomic E-state index is 14.5. The molecule has 1 aliphatic carbocycles. The van der Waals surface area contributed by atoms with Gasteiger partial charge in [-0.2, -0.15) is 0 Å². The molecule has 0 amide bonds. The molecule has 124 valence electrons. The lowest BCUT2D eigenvalue weighted by atomic mass is 9.89. The van der Waals surface area contributed by atoms with E-state index < -0.39 is 0 Å². The van der Waals surface area contributed by atoms with Crippen LogP contribution in [-0.4, -0.2) is 31.1 Å². The number of rotatable bonds is 3. The summed E-state index contributed by atoms with van der Waals surface area (Å²) in [6.45, 7) is 3.76. The number of halogens is 4. The molecular formula is C16H22Cl3FN2. The van der Waals surface area contributed by atoms with E-state index in [1.54, 1.807) is 6.07 Å². The third-order valence-corrected chi connectivity index (χ3v) is 5.59. The van der Waals surface area contributed by atoms with Gasteiger partial charge < -0.3 is 5.32 Å². The van der Waals surface area contributed by atoms with Gasteiger partial charge in [-0.15, -0.1) is 12.4 Å². The van der Waals surface area contributed by atoms with Crippen molar-refractivity contribution < 1.29 is 4.39 Å². The molecule has 3 rings (SSSR count). The zero-order valence-electron chi connectivity index (χ0n) is 12.5. The van der Waals surface area contributed by atoms with Gasteiger partial charge in [-0.05, 0) is 30.9 Å². The van der Waals surface area contributed by atoms with Crippen LogP contribution in [0.3, 0.4) is 0 Å². The van der Waals surface area contributed by atoms with Crippen molar-refractivity contribution in [3.05, 3.63) is 33.6 Å². The number of nitrogens with one attached hydrogen (secondary N) is 1. The Morgan fingerprint density at radius 3 is 2.41 bits per heavy atom. The van der Waals surface area contributed by atoms with Gasteiger partial charge in [0.25, 0.3) is 0 Å². The molecule has 0 bridgehead atoms. The van der Waals surface area contributed by atoms with E-state index >= 15 is 0 Å². The summed E-state index contributed by atoms with van der Waals surface area (Å²) in [6.07, 6.45) is 4.76. The molecule has 1 aromatic rings. The largest absolute Gasteiger partial charge is 0.314 e. The third-order valence-electron chi connectivity index (χ3n) is 4.77. The van der Waals surface area contributed by atoms with Crippen LogP contribution in [0.5, 0.6) is 0 Å². The predicted octanol–water partition coefficient (Wildman–Crippen LogP) is 4.69. The molecule has 1 atom stereocenters. The number of nitrogens with zero attached hydrogens (tertiary/aromatic N) is 1. The summed E-state index contributed by atoms with van der Waals surface area (Å²) in [7, 11) is 0. The molecule has 22 heavy (non-hydrogen) atoms. The second-order valence-electron chi connectivity index (χ2n) is 6.03. The first-order valence-electron chi connectivity index (χ1n) is 7.76. The fourth-order valence-corrected chi connectivity index (χ4v) is 4.19. The third kappa shape index (κ3) is 3.70. The fraction of sp³-hybridized carbons (Fsp3) is 0.625. The molecule has 1 aliphatic heterocycles. The molecule has 0 radical (unpaired) electrons. The van der Waals surface area contributed by atoms with Crippen molar-refractivity contribution in [1.82, 2.24) is 10.2 Å². The fourth-order valence-electron chi connectivity index (χ4n) is 3.76. The van der Waals surface area contributed by atoms with Crippen LogP contribution in [0, 0.1) is 11.7 Å². The van der Waals surface area contributed by atoms with Crippen molar-refractivity contribution in [2.24, 2.45) is 5.92 Å². The monoisotopic (exact) mass is 366 g/mol. The Labute approximate surface area is 147 Å². The zero-order chi connectivity index (χ0) is 14.8. The van der Waals surface area contributed by atoms with E-state index in [0.717, 1.165) is 39.0 Å². The highest BCUT2D eigenvalue weighted by Gasteiger charge is 2.35. The Morgan fingerprint density at radius 1 is 1.14 bits per heavy atom. The lowest BCUT2D eigenvalue weighted by Crippen LogP contribution is -2.47. The molecular weight excluding hydrogens is 346 g/mol. The van der Waals surface area contributed by atoms with E-state index in [2.05, 4.69) is 10.2 Å². The highest BCUT2D eigenvalue weighted by atomic mass is 35.5. The number of hydrogen-bond donors (Lipinski definition) is 1. The van der Waals surface area contributed by atoms with Crippen LogP contribution in [0.4, 0.5) is 4.39 Å². The van der Waals surface area contributed by atoms with Crippen LogP contribution in [0.25, 0.3) is 0 Å². The van der Waals surface area contributed by atoms with Gasteiger partial charge in [0.2, 0.25) is 0 Å². The Morgan fingerprint density at radius 2 is 1.77 bits per heavy atom. The lowest BCUT2D eigenvalue weighted by Gasteiger charge is -2.39. The van der Waals surface area contributed by atoms with E-state index in [0.29, 0.717) is 21.5 Å². The summed E-state index contributed by atoms with van der Waals surface area (Å²) in [4.78, 5) is 2.38. The molecule has 1 aromatic carbocycles. The summed E-state index contributed by atoms with van der Waals surface area (Å²) in [5.74, 6) is 0.258. The van der Waals surface area contributed by atoms with Gasteiger partial charge in [0, 0.05) is 37.8 Å². The molecule has 0 unspecified atom stereocenters. The van der Waals surface area contributed by atoms with Crippen LogP contribution >= 0.6 is 35.6 Å². The molecule has 1 saturated carbocycles. The number of hydrogen-bond acceptors (Lipinski definition) is 2. The number of benzene rings is 1. The maximum atomic E-state index is 14.5. The van der Waals surface area contributed by atoms with Gasteiger partial charge in [0.1, 0.15) is 5.82 Å². The molecule has 1 saturated heterocycles. The van der Waals surface area contributed by atoms with Gasteiger partial charge in [0.15, 0.2) is 0 Å². The van der Waals surface area contributed by atoms with Gasteiger partial charge in [-0.25, -0.2) is 4.39 Å². The Hall–Kier alpha value is -0.0600. The molecule has 0 aromatic heterocycles. The molecule has 2 aliphatic rings. The summed E-state index contributed by atoms with van der Waals surface area (Å²) in [6, 6.07) is 3.06. The second-order valence-corrected chi connectivity index (χ2v) is 6.82. The molecule has 1 N–H and O–H groups in total. The Bertz CT molecular complexity index is 500. The smallest absolute Gasteiger partial charge is 0.129 e. The van der Waals surface area contributed by atoms with Gasteiger partial charge >= 0.3 is 0 Å². The topological polar surface area (TPSA) is 15.3 Å². The first kappa shape index (κ1) is 18.3. The maximum Gasteiger partial charge on any atom is 0.129 e. The van der Waals surface area contributed by atoms with Crippen LogP contribution in [0.2, 0.25) is 10.0 Å². The van der Waals surface area contributed by atoms with Crippen molar-refractivity contribution in [2.45, 2.75) is 31.7 Å². The standard InChI is InChI=1S/C16H21Cl2FN2.ClH/c17-12-5-6-13(19)14(15(12)18)16(11-3-1-2-4-11)21-9-7-20-8-10-21;/h5-6,11,16,20H,1-4,7-10H2;1H/t16-;/m0./s1. The predicted molar refractivity (Wildman–Crippen MR) is 92.8 cm³/mol. The molecule has 6 heteroatoms. The average Bonchev–Trinajstić information content (AvgIpc) is 3.02. The van der Waals surface area contributed by atoms with E-state index in [1.807, 2.05) is 0 Å². The molecule has 2 nitrogen and oxygen atoms in total. The van der Waals surface area contributed by atoms with Crippen LogP contribution in [0.1, 0.15) is 37.3 Å². The second kappa shape index (κ2) is 8.16. The average molecular weight is 368 g/mol. The highest BCUT2D eigenvalue weighted by Crippen LogP contribution is 2.44. The minimum Gasteiger partial charge on any atom is -0.314 e. The molecule has 2 fully saturated rings. The summed E-state index contributed by atoms with van der Waals surface area (Å²) in [5.41, 5.74) is 0.609. The van der Waals surface area contributed by atoms with E-state index in [4.69, 9.17) is 23.2 Å². The van der Waals surface area contributed by atoms with Crippen LogP contribution in [-0.2, 0) is 0 Å². The van der Waals surface area contributed by atoms with Gasteiger partial charge in [-0.1, -0.05) is 36.0 Å². The Balaban J connectivity index is 0.00000176. The Kier molecular flexibility index (Phi) is 6.78. The van der Waals surface area contributed by atoms with Crippen molar-refractivity contribution in [3.8, 4) is 0 Å². The van der Waals surface area contributed by atoms with Crippen LogP contribution < -0.4 is 5.32 Å². The summed E-state index contributed by atoms with van der Waals surface area (Å²) in [5, 5.41) is 4.20. The normalized spacial score (nSPS) is 21.6. The quantitative estimate of drug-likeness (QED) is 0.780. The SMILES string of the molecule is Cl.Fc1ccc(Cl)c(Cl)c1[C@H](C1CCCC1)N1CCNCC1. The minimum atomic E-state index is -0.222. The molecule has 1 heterocycles. The van der Waals surface area contributed by atoms with Crippen molar-refractivity contribution in [1.29, 1.82) is 0 Å². The molecule has 0 spiro atoms. The first-order chi connectivity index (χ1) is 10.2. The van der Waals surface area contributed by atoms with Crippen molar-refractivity contribution in [3.63, 3.8) is 0 Å². The lowest BCUT2D eigenvalue weighted by molar-refractivity contribution is 0.122. The summed E-state index contributed by atoms with van der Waals surface area (Å²) < 4.78 is 14.5. The van der Waals surface area contributed by atoms with E-state index in [-0.39, 0.29) is 24.3 Å². The number of piperazine rings is 1. The minimum absolute atomic E-state index is 0. The zero-order valence-corrected chi connectivity index (χ0v) is 14.8. The van der Waals surface area contributed by atoms with Gasteiger partial charge in [0.05, 0.1) is 10.0 Å². The first-order valence-corrected chi connectivity index (χ1v) is 8.52. The summed E-state index contributed by atoms with van der Waals surface area (Å²) >= 11 is 12.5. The van der Waals surface area contributed by atoms with Crippen molar-refractivity contribution in [2.75, 3.05) is 26.2 Å². The van der Waals surface area contributed by atoms with E-state index in [1.165, 1.54) is 18.9 Å². The van der Waals surface area contributed by atoms with E-state index in [9.17, 15) is 4.39 Å². The van der Waals surface area contributed by atoms with Gasteiger partial charge in [-0.3, -0.25) is 4.90 Å². The highest BCUT2D eigenvalue weighted by molar-refractivity contribution is 6.42. The van der Waals surface area contributed by atoms with Crippen molar-refractivity contribution >= 4 is 35.6 Å². The van der Waals surface area contributed by atoms with Crippen LogP contribution in [0.15, 0.2) is 12.1 Å².